The average molecular weight is 361 g/mol. The Morgan fingerprint density at radius 2 is 2.19 bits per heavy atom. The van der Waals surface area contributed by atoms with E-state index >= 15 is 0 Å². The van der Waals surface area contributed by atoms with Crippen LogP contribution in [0.3, 0.4) is 0 Å². The molecule has 2 N–H and O–H groups in total. The van der Waals surface area contributed by atoms with Gasteiger partial charge in [-0.2, -0.15) is 0 Å². The van der Waals surface area contributed by atoms with Crippen molar-refractivity contribution in [1.82, 2.24) is 9.55 Å². The topological polar surface area (TPSA) is 67.2 Å². The first-order chi connectivity index (χ1) is 13.1. The number of benzene rings is 1. The molecule has 5 nitrogen and oxygen atoms in total. The van der Waals surface area contributed by atoms with E-state index in [9.17, 15) is 9.90 Å². The van der Waals surface area contributed by atoms with E-state index < -0.39 is 5.97 Å². The molecule has 1 saturated carbocycles. The highest BCUT2D eigenvalue weighted by Gasteiger charge is 2.26. The molecule has 0 spiro atoms. The molecule has 0 saturated heterocycles. The maximum atomic E-state index is 11.7. The van der Waals surface area contributed by atoms with Crippen LogP contribution in [0.4, 0.5) is 11.5 Å². The molecule has 0 radical (unpaired) electrons. The predicted octanol–water partition coefficient (Wildman–Crippen LogP) is 5.32. The van der Waals surface area contributed by atoms with Gasteiger partial charge in [-0.25, -0.2) is 9.78 Å². The van der Waals surface area contributed by atoms with E-state index in [2.05, 4.69) is 40.0 Å². The Morgan fingerprint density at radius 3 is 2.89 bits per heavy atom. The van der Waals surface area contributed by atoms with Crippen LogP contribution in [0.2, 0.25) is 0 Å². The molecule has 2 aromatic heterocycles. The number of allylic oxidation sites excluding steroid dienone is 1. The van der Waals surface area contributed by atoms with Gasteiger partial charge in [-0.3, -0.25) is 0 Å². The molecule has 138 valence electrons. The first-order valence-electron chi connectivity index (χ1n) is 9.32. The molecule has 1 aromatic carbocycles. The van der Waals surface area contributed by atoms with Crippen molar-refractivity contribution in [2.24, 2.45) is 7.05 Å². The summed E-state index contributed by atoms with van der Waals surface area (Å²) in [6.45, 7) is 2.10. The molecule has 3 aromatic rings. The third-order valence-electron chi connectivity index (χ3n) is 4.98. The average Bonchev–Trinajstić information content (AvgIpc) is 3.43. The van der Waals surface area contributed by atoms with Crippen LogP contribution >= 0.6 is 0 Å². The van der Waals surface area contributed by atoms with Gasteiger partial charge < -0.3 is 15.0 Å². The number of rotatable bonds is 6. The first-order valence-corrected chi connectivity index (χ1v) is 9.32. The molecule has 0 amide bonds. The van der Waals surface area contributed by atoms with Crippen LogP contribution in [-0.4, -0.2) is 20.6 Å². The van der Waals surface area contributed by atoms with Crippen molar-refractivity contribution in [3.8, 4) is 0 Å². The Labute approximate surface area is 158 Å². The SMILES string of the molecule is CC/C=C/c1cc(Nc2ncc(C3CC3)cc2C(=O)O)cc2ccn(C)c12. The number of carboxylic acid groups (broad SMARTS) is 1. The van der Waals surface area contributed by atoms with Crippen molar-refractivity contribution in [1.29, 1.82) is 0 Å². The number of nitrogens with one attached hydrogen (secondary N) is 1. The Kier molecular flexibility index (Phi) is 4.44. The Hall–Kier alpha value is -3.08. The van der Waals surface area contributed by atoms with E-state index in [-0.39, 0.29) is 5.56 Å². The van der Waals surface area contributed by atoms with Crippen molar-refractivity contribution in [2.45, 2.75) is 32.1 Å². The van der Waals surface area contributed by atoms with Crippen molar-refractivity contribution in [3.05, 3.63) is 59.4 Å². The number of aromatic carboxylic acids is 1. The maximum absolute atomic E-state index is 11.7. The number of hydrogen-bond donors (Lipinski definition) is 2. The van der Waals surface area contributed by atoms with E-state index in [1.165, 1.54) is 0 Å². The molecule has 1 aliphatic rings. The highest BCUT2D eigenvalue weighted by atomic mass is 16.4. The summed E-state index contributed by atoms with van der Waals surface area (Å²) in [4.78, 5) is 16.2. The molecule has 1 fully saturated rings. The minimum absolute atomic E-state index is 0.221. The second-order valence-electron chi connectivity index (χ2n) is 7.11. The lowest BCUT2D eigenvalue weighted by Gasteiger charge is -2.12. The molecule has 2 heterocycles. The standard InChI is InChI=1S/C22H23N3O2/c1-3-4-5-15-10-18(11-16-8-9-25(2)20(15)16)24-21-19(22(26)27)12-17(13-23-21)14-6-7-14/h4-5,8-14H,3,6-7H2,1-2H3,(H,23,24)(H,26,27)/b5-4+. The second kappa shape index (κ2) is 6.91. The fraction of sp³-hybridized carbons (Fsp3) is 0.273. The molecule has 27 heavy (non-hydrogen) atoms. The van der Waals surface area contributed by atoms with Gasteiger partial charge in [0.1, 0.15) is 11.4 Å². The van der Waals surface area contributed by atoms with Gasteiger partial charge >= 0.3 is 5.97 Å². The van der Waals surface area contributed by atoms with Crippen LogP contribution < -0.4 is 5.32 Å². The Balaban J connectivity index is 1.75. The molecule has 0 bridgehead atoms. The van der Waals surface area contributed by atoms with Gasteiger partial charge in [0.05, 0.1) is 5.52 Å². The number of carboxylic acids is 1. The van der Waals surface area contributed by atoms with Gasteiger partial charge in [-0.15, -0.1) is 0 Å². The normalized spacial score (nSPS) is 14.1. The molecule has 1 aliphatic carbocycles. The zero-order valence-electron chi connectivity index (χ0n) is 15.6. The molecule has 0 unspecified atom stereocenters. The lowest BCUT2D eigenvalue weighted by atomic mass is 10.1. The van der Waals surface area contributed by atoms with Gasteiger partial charge in [0.25, 0.3) is 0 Å². The monoisotopic (exact) mass is 361 g/mol. The third-order valence-corrected chi connectivity index (χ3v) is 4.98. The summed E-state index contributed by atoms with van der Waals surface area (Å²) in [7, 11) is 2.03. The summed E-state index contributed by atoms with van der Waals surface area (Å²) in [5.74, 6) is -0.108. The highest BCUT2D eigenvalue weighted by Crippen LogP contribution is 2.40. The fourth-order valence-electron chi connectivity index (χ4n) is 3.45. The van der Waals surface area contributed by atoms with Gasteiger partial charge in [0.15, 0.2) is 0 Å². The minimum atomic E-state index is -0.959. The summed E-state index contributed by atoms with van der Waals surface area (Å²) in [6, 6.07) is 7.89. The molecule has 0 atom stereocenters. The van der Waals surface area contributed by atoms with Crippen molar-refractivity contribution < 1.29 is 9.90 Å². The third kappa shape index (κ3) is 3.45. The number of aryl methyl sites for hydroxylation is 1. The number of pyridine rings is 1. The minimum Gasteiger partial charge on any atom is -0.478 e. The number of aromatic nitrogens is 2. The van der Waals surface area contributed by atoms with Crippen LogP contribution in [0.15, 0.2) is 42.7 Å². The van der Waals surface area contributed by atoms with Crippen LogP contribution in [0, 0.1) is 0 Å². The van der Waals surface area contributed by atoms with Crippen LogP contribution in [0.1, 0.15) is 53.6 Å². The van der Waals surface area contributed by atoms with Gasteiger partial charge in [-0.1, -0.05) is 19.1 Å². The summed E-state index contributed by atoms with van der Waals surface area (Å²) < 4.78 is 2.10. The van der Waals surface area contributed by atoms with E-state index in [0.717, 1.165) is 47.0 Å². The Bertz CT molecular complexity index is 1050. The lowest BCUT2D eigenvalue weighted by Crippen LogP contribution is -2.06. The summed E-state index contributed by atoms with van der Waals surface area (Å²) in [5.41, 5.74) is 4.32. The molecule has 4 rings (SSSR count). The zero-order chi connectivity index (χ0) is 19.0. The number of hydrogen-bond acceptors (Lipinski definition) is 3. The van der Waals surface area contributed by atoms with Gasteiger partial charge in [-0.05, 0) is 55.0 Å². The van der Waals surface area contributed by atoms with E-state index in [4.69, 9.17) is 0 Å². The predicted molar refractivity (Wildman–Crippen MR) is 109 cm³/mol. The number of nitrogens with zero attached hydrogens (tertiary/aromatic N) is 2. The summed E-state index contributed by atoms with van der Waals surface area (Å²) in [5, 5.41) is 13.9. The summed E-state index contributed by atoms with van der Waals surface area (Å²) in [6.07, 6.45) is 11.2. The first kappa shape index (κ1) is 17.3. The largest absolute Gasteiger partial charge is 0.478 e. The van der Waals surface area contributed by atoms with E-state index in [0.29, 0.717) is 11.7 Å². The Morgan fingerprint density at radius 1 is 1.37 bits per heavy atom. The lowest BCUT2D eigenvalue weighted by molar-refractivity contribution is 0.0697. The van der Waals surface area contributed by atoms with Crippen molar-refractivity contribution in [3.63, 3.8) is 0 Å². The zero-order valence-corrected chi connectivity index (χ0v) is 15.6. The number of anilines is 2. The number of carbonyl (C=O) groups is 1. The number of fused-ring (bicyclic) bond motifs is 1. The quantitative estimate of drug-likeness (QED) is 0.624. The van der Waals surface area contributed by atoms with Crippen LogP contribution in [0.25, 0.3) is 17.0 Å². The highest BCUT2D eigenvalue weighted by molar-refractivity contribution is 5.96. The van der Waals surface area contributed by atoms with Gasteiger partial charge in [0.2, 0.25) is 0 Å². The second-order valence-corrected chi connectivity index (χ2v) is 7.11. The summed E-state index contributed by atoms with van der Waals surface area (Å²) >= 11 is 0. The smallest absolute Gasteiger partial charge is 0.339 e. The molecule has 5 heteroatoms. The fourth-order valence-corrected chi connectivity index (χ4v) is 3.45. The van der Waals surface area contributed by atoms with Gasteiger partial charge in [0, 0.05) is 36.1 Å². The van der Waals surface area contributed by atoms with Crippen LogP contribution in [0.5, 0.6) is 0 Å². The molecular weight excluding hydrogens is 338 g/mol. The molecule has 0 aliphatic heterocycles. The van der Waals surface area contributed by atoms with Crippen molar-refractivity contribution in [2.75, 3.05) is 5.32 Å². The maximum Gasteiger partial charge on any atom is 0.339 e. The van der Waals surface area contributed by atoms with Crippen LogP contribution in [-0.2, 0) is 7.05 Å². The van der Waals surface area contributed by atoms with E-state index in [1.54, 1.807) is 12.3 Å². The van der Waals surface area contributed by atoms with E-state index in [1.807, 2.05) is 25.4 Å². The van der Waals surface area contributed by atoms with Crippen molar-refractivity contribution >= 4 is 34.5 Å². The molecular formula is C22H23N3O2.